The van der Waals surface area contributed by atoms with Crippen LogP contribution in [0, 0.1) is 5.41 Å². The van der Waals surface area contributed by atoms with Gasteiger partial charge in [-0.05, 0) is 67.2 Å². The van der Waals surface area contributed by atoms with Gasteiger partial charge in [0.25, 0.3) is 0 Å². The van der Waals surface area contributed by atoms with Gasteiger partial charge < -0.3 is 11.1 Å². The molecule has 0 heterocycles. The van der Waals surface area contributed by atoms with Crippen LogP contribution < -0.4 is 11.1 Å². The molecule has 2 saturated carbocycles. The van der Waals surface area contributed by atoms with Crippen LogP contribution in [0.4, 0.5) is 5.69 Å². The second-order valence-electron chi connectivity index (χ2n) is 6.77. The molecule has 114 valence electrons. The Labute approximate surface area is 143 Å². The van der Waals surface area contributed by atoms with Gasteiger partial charge in [-0.3, -0.25) is 0 Å². The minimum atomic E-state index is 0. The molecule has 2 fully saturated rings. The maximum atomic E-state index is 6.08. The number of anilines is 1. The maximum Gasteiger partial charge on any atom is 0.193 e. The van der Waals surface area contributed by atoms with Gasteiger partial charge in [-0.1, -0.05) is 18.9 Å². The normalized spacial score (nSPS) is 25.5. The Hall–Kier alpha value is -0.780. The average molecular weight is 397 g/mol. The molecule has 3 aliphatic rings. The molecule has 0 radical (unpaired) electrons. The Kier molecular flexibility index (Phi) is 4.17. The summed E-state index contributed by atoms with van der Waals surface area (Å²) in [6.45, 7) is 0. The highest BCUT2D eigenvalue weighted by molar-refractivity contribution is 14.0. The van der Waals surface area contributed by atoms with E-state index in [1.165, 1.54) is 62.5 Å². The van der Waals surface area contributed by atoms with Crippen LogP contribution in [0.5, 0.6) is 0 Å². The summed E-state index contributed by atoms with van der Waals surface area (Å²) in [5.74, 6) is 0.594. The van der Waals surface area contributed by atoms with Gasteiger partial charge in [0.1, 0.15) is 0 Å². The third kappa shape index (κ3) is 2.91. The van der Waals surface area contributed by atoms with E-state index < -0.39 is 0 Å². The minimum Gasteiger partial charge on any atom is -0.370 e. The Balaban J connectivity index is 0.00000132. The van der Waals surface area contributed by atoms with Gasteiger partial charge in [-0.25, -0.2) is 4.99 Å². The van der Waals surface area contributed by atoms with E-state index in [-0.39, 0.29) is 24.0 Å². The molecule has 1 atom stereocenters. The zero-order chi connectivity index (χ0) is 13.6. The molecule has 1 unspecified atom stereocenters. The van der Waals surface area contributed by atoms with Crippen LogP contribution in [0.2, 0.25) is 0 Å². The number of nitrogens with one attached hydrogen (secondary N) is 1. The number of hydrogen-bond acceptors (Lipinski definition) is 1. The Morgan fingerprint density at radius 1 is 1.14 bits per heavy atom. The zero-order valence-electron chi connectivity index (χ0n) is 12.4. The lowest BCUT2D eigenvalue weighted by Gasteiger charge is -2.09. The summed E-state index contributed by atoms with van der Waals surface area (Å²) in [6, 6.07) is 7.08. The van der Waals surface area contributed by atoms with Crippen LogP contribution in [0.15, 0.2) is 23.2 Å². The molecular weight excluding hydrogens is 373 g/mol. The predicted octanol–water partition coefficient (Wildman–Crippen LogP) is 3.85. The quantitative estimate of drug-likeness (QED) is 0.453. The lowest BCUT2D eigenvalue weighted by molar-refractivity contribution is 0.511. The zero-order valence-corrected chi connectivity index (χ0v) is 14.7. The van der Waals surface area contributed by atoms with E-state index in [0.29, 0.717) is 17.4 Å². The van der Waals surface area contributed by atoms with E-state index in [1.807, 2.05) is 0 Å². The molecule has 21 heavy (non-hydrogen) atoms. The number of halogens is 1. The number of nitrogens with two attached hydrogens (primary N) is 1. The Morgan fingerprint density at radius 3 is 2.71 bits per heavy atom. The van der Waals surface area contributed by atoms with E-state index in [9.17, 15) is 0 Å². The number of aryl methyl sites for hydroxylation is 2. The summed E-state index contributed by atoms with van der Waals surface area (Å²) in [5.41, 5.74) is 10.7. The van der Waals surface area contributed by atoms with Crippen molar-refractivity contribution >= 4 is 35.6 Å². The summed E-state index contributed by atoms with van der Waals surface area (Å²) in [4.78, 5) is 4.70. The predicted molar refractivity (Wildman–Crippen MR) is 98.4 cm³/mol. The van der Waals surface area contributed by atoms with E-state index in [0.717, 1.165) is 5.69 Å². The molecule has 0 aromatic heterocycles. The van der Waals surface area contributed by atoms with Gasteiger partial charge in [0, 0.05) is 5.69 Å². The van der Waals surface area contributed by atoms with Gasteiger partial charge >= 0.3 is 0 Å². The smallest absolute Gasteiger partial charge is 0.193 e. The molecule has 3 nitrogen and oxygen atoms in total. The second kappa shape index (κ2) is 5.78. The van der Waals surface area contributed by atoms with E-state index >= 15 is 0 Å². The molecule has 0 bridgehead atoms. The fraction of sp³-hybridized carbons (Fsp3) is 0.588. The third-order valence-corrected chi connectivity index (χ3v) is 5.41. The summed E-state index contributed by atoms with van der Waals surface area (Å²) < 4.78 is 0. The summed E-state index contributed by atoms with van der Waals surface area (Å²) in [6.07, 6.45) is 10.4. The summed E-state index contributed by atoms with van der Waals surface area (Å²) in [7, 11) is 0. The highest BCUT2D eigenvalue weighted by Crippen LogP contribution is 2.59. The van der Waals surface area contributed by atoms with Gasteiger partial charge in [0.2, 0.25) is 0 Å². The van der Waals surface area contributed by atoms with Gasteiger partial charge in [-0.2, -0.15) is 0 Å². The molecule has 0 aliphatic heterocycles. The topological polar surface area (TPSA) is 50.4 Å². The van der Waals surface area contributed by atoms with Crippen LogP contribution in [-0.2, 0) is 12.8 Å². The van der Waals surface area contributed by atoms with Crippen molar-refractivity contribution < 1.29 is 0 Å². The minimum absolute atomic E-state index is 0. The highest BCUT2D eigenvalue weighted by Gasteiger charge is 2.55. The fourth-order valence-corrected chi connectivity index (χ4v) is 4.12. The largest absolute Gasteiger partial charge is 0.370 e. The molecule has 1 aromatic rings. The molecule has 0 saturated heterocycles. The molecule has 0 amide bonds. The molecule has 3 N–H and O–H groups in total. The van der Waals surface area contributed by atoms with Crippen molar-refractivity contribution in [2.75, 3.05) is 5.32 Å². The maximum absolute atomic E-state index is 6.08. The van der Waals surface area contributed by atoms with Crippen LogP contribution in [0.3, 0.4) is 0 Å². The fourth-order valence-electron chi connectivity index (χ4n) is 4.12. The summed E-state index contributed by atoms with van der Waals surface area (Å²) in [5, 5.41) is 3.28. The van der Waals surface area contributed by atoms with Crippen molar-refractivity contribution in [2.24, 2.45) is 16.1 Å². The van der Waals surface area contributed by atoms with Crippen molar-refractivity contribution in [1.82, 2.24) is 0 Å². The number of aliphatic imine (C=N–C) groups is 1. The van der Waals surface area contributed by atoms with Gasteiger partial charge in [0.15, 0.2) is 5.96 Å². The first-order valence-electron chi connectivity index (χ1n) is 7.97. The van der Waals surface area contributed by atoms with E-state index in [4.69, 9.17) is 10.7 Å². The highest BCUT2D eigenvalue weighted by atomic mass is 127. The molecule has 1 aromatic carbocycles. The monoisotopic (exact) mass is 397 g/mol. The SMILES string of the molecule is I.NC(=NC1CC12CCCC2)Nc1ccc2c(c1)CCC2. The first kappa shape index (κ1) is 15.1. The number of nitrogens with zero attached hydrogens (tertiary/aromatic N) is 1. The lowest BCUT2D eigenvalue weighted by atomic mass is 10.1. The Bertz CT molecular complexity index is 561. The molecule has 4 heteroatoms. The Morgan fingerprint density at radius 2 is 1.90 bits per heavy atom. The van der Waals surface area contributed by atoms with Crippen molar-refractivity contribution in [2.45, 2.75) is 57.4 Å². The number of fused-ring (bicyclic) bond motifs is 1. The van der Waals surface area contributed by atoms with Crippen molar-refractivity contribution in [3.8, 4) is 0 Å². The van der Waals surface area contributed by atoms with Gasteiger partial charge in [0.05, 0.1) is 6.04 Å². The van der Waals surface area contributed by atoms with Crippen LogP contribution in [0.25, 0.3) is 0 Å². The first-order valence-corrected chi connectivity index (χ1v) is 7.97. The lowest BCUT2D eigenvalue weighted by Crippen LogP contribution is -2.23. The molecular formula is C17H24IN3. The van der Waals surface area contributed by atoms with E-state index in [1.54, 1.807) is 0 Å². The second-order valence-corrected chi connectivity index (χ2v) is 6.77. The average Bonchev–Trinajstić information content (AvgIpc) is 2.84. The van der Waals surface area contributed by atoms with Crippen LogP contribution >= 0.6 is 24.0 Å². The van der Waals surface area contributed by atoms with Crippen LogP contribution in [0.1, 0.15) is 49.7 Å². The van der Waals surface area contributed by atoms with Crippen molar-refractivity contribution in [3.05, 3.63) is 29.3 Å². The number of rotatable bonds is 2. The van der Waals surface area contributed by atoms with E-state index in [2.05, 4.69) is 23.5 Å². The standard InChI is InChI=1S/C17H23N3.HI/c18-16(20-15-11-17(15)8-1-2-9-17)19-14-7-6-12-4-3-5-13(12)10-14;/h6-7,10,15H,1-5,8-9,11H2,(H3,18,19,20);1H. The van der Waals surface area contributed by atoms with Gasteiger partial charge in [-0.15, -0.1) is 24.0 Å². The first-order chi connectivity index (χ1) is 9.75. The number of benzene rings is 1. The molecule has 1 spiro atoms. The van der Waals surface area contributed by atoms with Crippen LogP contribution in [-0.4, -0.2) is 12.0 Å². The summed E-state index contributed by atoms with van der Waals surface area (Å²) >= 11 is 0. The number of hydrogen-bond donors (Lipinski definition) is 2. The third-order valence-electron chi connectivity index (χ3n) is 5.41. The van der Waals surface area contributed by atoms with Crippen molar-refractivity contribution in [1.29, 1.82) is 0 Å². The number of guanidine groups is 1. The van der Waals surface area contributed by atoms with Crippen molar-refractivity contribution in [3.63, 3.8) is 0 Å². The molecule has 3 aliphatic carbocycles. The molecule has 4 rings (SSSR count).